The van der Waals surface area contributed by atoms with Gasteiger partial charge in [0.15, 0.2) is 0 Å². The summed E-state index contributed by atoms with van der Waals surface area (Å²) in [5, 5.41) is 10.3. The first kappa shape index (κ1) is 15.0. The fourth-order valence-electron chi connectivity index (χ4n) is 5.57. The number of hydrogen-bond donors (Lipinski definition) is 1. The minimum atomic E-state index is -1.23. The number of hydrogen-bond acceptors (Lipinski definition) is 2. The molecule has 3 aliphatic rings. The highest BCUT2D eigenvalue weighted by Gasteiger charge is 2.75. The molecule has 0 aromatic heterocycles. The predicted octanol–water partition coefficient (Wildman–Crippen LogP) is 4.06. The van der Waals surface area contributed by atoms with Crippen molar-refractivity contribution in [3.8, 4) is 0 Å². The minimum Gasteiger partial charge on any atom is -0.390 e. The lowest BCUT2D eigenvalue weighted by atomic mass is 9.55. The van der Waals surface area contributed by atoms with Crippen LogP contribution in [0.3, 0.4) is 0 Å². The number of ether oxygens (including phenoxy) is 1. The molecule has 1 aliphatic heterocycles. The Kier molecular flexibility index (Phi) is 3.26. The minimum absolute atomic E-state index is 0.0167. The van der Waals surface area contributed by atoms with Gasteiger partial charge >= 0.3 is 0 Å². The molecule has 3 heteroatoms. The van der Waals surface area contributed by atoms with E-state index in [1.54, 1.807) is 0 Å². The van der Waals surface area contributed by atoms with Crippen LogP contribution in [0.4, 0.5) is 0 Å². The lowest BCUT2D eigenvalue weighted by molar-refractivity contribution is -0.00141. The van der Waals surface area contributed by atoms with Crippen molar-refractivity contribution in [3.63, 3.8) is 0 Å². The first-order chi connectivity index (χ1) is 9.12. The summed E-state index contributed by atoms with van der Waals surface area (Å²) in [6.45, 7) is 14.8. The zero-order valence-electron chi connectivity index (χ0n) is 14.1. The molecule has 0 aromatic carbocycles. The second kappa shape index (κ2) is 4.33. The van der Waals surface area contributed by atoms with E-state index in [0.717, 1.165) is 30.2 Å². The Bertz CT molecular complexity index is 402. The maximum absolute atomic E-state index is 10.3. The number of aliphatic hydroxyl groups is 1. The van der Waals surface area contributed by atoms with Gasteiger partial charge in [-0.1, -0.05) is 40.4 Å². The molecule has 0 unspecified atom stereocenters. The highest BCUT2D eigenvalue weighted by molar-refractivity contribution is 6.77. The van der Waals surface area contributed by atoms with Gasteiger partial charge in [-0.05, 0) is 48.5 Å². The lowest BCUT2D eigenvalue weighted by Crippen LogP contribution is -2.57. The van der Waals surface area contributed by atoms with Gasteiger partial charge in [0.25, 0.3) is 0 Å². The summed E-state index contributed by atoms with van der Waals surface area (Å²) in [4.78, 5) is 0. The zero-order valence-corrected chi connectivity index (χ0v) is 15.1. The number of rotatable bonds is 2. The average molecular weight is 297 g/mol. The maximum atomic E-state index is 10.3. The third kappa shape index (κ3) is 1.89. The van der Waals surface area contributed by atoms with E-state index in [2.05, 4.69) is 40.4 Å². The Hall–Kier alpha value is 0.137. The molecular weight excluding hydrogens is 264 g/mol. The molecule has 1 heterocycles. The maximum Gasteiger partial charge on any atom is 0.114 e. The highest BCUT2D eigenvalue weighted by Crippen LogP contribution is 2.71. The van der Waals surface area contributed by atoms with Crippen LogP contribution < -0.4 is 0 Å². The largest absolute Gasteiger partial charge is 0.390 e. The summed E-state index contributed by atoms with van der Waals surface area (Å²) < 4.78 is 6.26. The molecule has 0 radical (unpaired) electrons. The van der Waals surface area contributed by atoms with Crippen LogP contribution in [-0.2, 0) is 4.74 Å². The quantitative estimate of drug-likeness (QED) is 0.616. The standard InChI is InChI=1S/C17H32O2Si/c1-11(2)12-9-14(20(4,5)6)16(3)8-7-13(18)15-17(16,10-12)19-15/h11-15,18H,7-10H2,1-6H3/t12-,13+,14-,15-,16+,17-/m1/s1. The van der Waals surface area contributed by atoms with Crippen molar-refractivity contribution in [1.29, 1.82) is 0 Å². The first-order valence-electron chi connectivity index (χ1n) is 8.48. The van der Waals surface area contributed by atoms with Crippen molar-refractivity contribution in [2.45, 2.75) is 89.4 Å². The third-order valence-corrected chi connectivity index (χ3v) is 9.84. The summed E-state index contributed by atoms with van der Waals surface area (Å²) in [5.74, 6) is 1.51. The van der Waals surface area contributed by atoms with Gasteiger partial charge < -0.3 is 9.84 Å². The van der Waals surface area contributed by atoms with Gasteiger partial charge in [-0.25, -0.2) is 0 Å². The molecule has 1 N–H and O–H groups in total. The van der Waals surface area contributed by atoms with E-state index in [1.807, 2.05) is 0 Å². The molecule has 3 fully saturated rings. The molecule has 1 saturated heterocycles. The van der Waals surface area contributed by atoms with Gasteiger partial charge in [-0.3, -0.25) is 0 Å². The second-order valence-corrected chi connectivity index (χ2v) is 14.7. The van der Waals surface area contributed by atoms with E-state index in [9.17, 15) is 5.11 Å². The van der Waals surface area contributed by atoms with Crippen LogP contribution in [0, 0.1) is 17.3 Å². The summed E-state index contributed by atoms with van der Waals surface area (Å²) in [7, 11) is -1.23. The van der Waals surface area contributed by atoms with Crippen molar-refractivity contribution in [1.82, 2.24) is 0 Å². The van der Waals surface area contributed by atoms with E-state index in [1.165, 1.54) is 12.8 Å². The molecule has 6 atom stereocenters. The Balaban J connectivity index is 1.99. The van der Waals surface area contributed by atoms with E-state index >= 15 is 0 Å². The van der Waals surface area contributed by atoms with Gasteiger partial charge in [-0.15, -0.1) is 0 Å². The molecule has 0 bridgehead atoms. The molecule has 2 saturated carbocycles. The first-order valence-corrected chi connectivity index (χ1v) is 12.1. The summed E-state index contributed by atoms with van der Waals surface area (Å²) in [5.41, 5.74) is 1.16. The second-order valence-electron chi connectivity index (χ2n) is 9.31. The van der Waals surface area contributed by atoms with Crippen LogP contribution in [-0.4, -0.2) is 31.0 Å². The molecule has 0 amide bonds. The molecule has 0 aromatic rings. The Labute approximate surface area is 125 Å². The van der Waals surface area contributed by atoms with Crippen molar-refractivity contribution >= 4 is 8.07 Å². The van der Waals surface area contributed by atoms with Crippen molar-refractivity contribution in [3.05, 3.63) is 0 Å². The van der Waals surface area contributed by atoms with Crippen LogP contribution in [0.2, 0.25) is 25.2 Å². The molecule has 2 nitrogen and oxygen atoms in total. The van der Waals surface area contributed by atoms with Gasteiger partial charge in [-0.2, -0.15) is 0 Å². The summed E-state index contributed by atoms with van der Waals surface area (Å²) >= 11 is 0. The fraction of sp³-hybridized carbons (Fsp3) is 1.00. The molecule has 2 aliphatic carbocycles. The topological polar surface area (TPSA) is 32.8 Å². The Morgan fingerprint density at radius 3 is 2.45 bits per heavy atom. The predicted molar refractivity (Wildman–Crippen MR) is 85.6 cm³/mol. The normalized spacial score (nSPS) is 51.6. The van der Waals surface area contributed by atoms with Gasteiger partial charge in [0.2, 0.25) is 0 Å². The van der Waals surface area contributed by atoms with Crippen LogP contribution >= 0.6 is 0 Å². The number of epoxide rings is 1. The third-order valence-electron chi connectivity index (χ3n) is 6.88. The van der Waals surface area contributed by atoms with Crippen molar-refractivity contribution in [2.75, 3.05) is 0 Å². The van der Waals surface area contributed by atoms with Crippen molar-refractivity contribution < 1.29 is 9.84 Å². The Morgan fingerprint density at radius 2 is 1.90 bits per heavy atom. The summed E-state index contributed by atoms with van der Waals surface area (Å²) in [6, 6.07) is 0. The van der Waals surface area contributed by atoms with E-state index in [0.29, 0.717) is 5.41 Å². The number of aliphatic hydroxyl groups excluding tert-OH is 1. The monoisotopic (exact) mass is 296 g/mol. The average Bonchev–Trinajstić information content (AvgIpc) is 3.04. The van der Waals surface area contributed by atoms with Crippen LogP contribution in [0.5, 0.6) is 0 Å². The molecule has 20 heavy (non-hydrogen) atoms. The zero-order chi connectivity index (χ0) is 14.9. The van der Waals surface area contributed by atoms with Crippen molar-refractivity contribution in [2.24, 2.45) is 17.3 Å². The van der Waals surface area contributed by atoms with Gasteiger partial charge in [0.05, 0.1) is 6.10 Å². The summed E-state index contributed by atoms with van der Waals surface area (Å²) in [6.07, 6.45) is 4.60. The lowest BCUT2D eigenvalue weighted by Gasteiger charge is -2.56. The van der Waals surface area contributed by atoms with E-state index in [4.69, 9.17) is 4.74 Å². The van der Waals surface area contributed by atoms with Gasteiger partial charge in [0.1, 0.15) is 11.7 Å². The van der Waals surface area contributed by atoms with Crippen LogP contribution in [0.15, 0.2) is 0 Å². The smallest absolute Gasteiger partial charge is 0.114 e. The van der Waals surface area contributed by atoms with Crippen LogP contribution in [0.25, 0.3) is 0 Å². The Morgan fingerprint density at radius 1 is 1.25 bits per heavy atom. The molecule has 116 valence electrons. The van der Waals surface area contributed by atoms with E-state index < -0.39 is 8.07 Å². The van der Waals surface area contributed by atoms with Crippen LogP contribution in [0.1, 0.15) is 46.5 Å². The highest BCUT2D eigenvalue weighted by atomic mass is 28.3. The molecule has 1 spiro atoms. The van der Waals surface area contributed by atoms with E-state index in [-0.39, 0.29) is 17.8 Å². The molecular formula is C17H32O2Si. The van der Waals surface area contributed by atoms with Gasteiger partial charge in [0, 0.05) is 8.07 Å². The SMILES string of the molecule is CC(C)[C@@H]1C[C@@H]([Si](C)(C)C)[C@]2(C)CC[C@H](O)[C@H]3O[C@]32C1. The molecule has 3 rings (SSSR count). The fourth-order valence-corrected chi connectivity index (χ4v) is 8.88.